The number of anilines is 1. The minimum Gasteiger partial charge on any atom is -0.443 e. The number of rotatable bonds is 5. The van der Waals surface area contributed by atoms with Crippen LogP contribution in [0.1, 0.15) is 38.1 Å². The monoisotopic (exact) mass is 367 g/mol. The van der Waals surface area contributed by atoms with Crippen LogP contribution in [-0.4, -0.2) is 19.9 Å². The average Bonchev–Trinajstić information content (AvgIpc) is 3.09. The third-order valence-electron chi connectivity index (χ3n) is 3.88. The van der Waals surface area contributed by atoms with Crippen molar-refractivity contribution in [2.24, 2.45) is 0 Å². The molecule has 0 unspecified atom stereocenters. The summed E-state index contributed by atoms with van der Waals surface area (Å²) < 4.78 is 5.77. The van der Waals surface area contributed by atoms with Gasteiger partial charge in [0, 0.05) is 34.9 Å². The lowest BCUT2D eigenvalue weighted by atomic mass is 9.94. The van der Waals surface area contributed by atoms with Gasteiger partial charge >= 0.3 is 0 Å². The van der Waals surface area contributed by atoms with Crippen molar-refractivity contribution in [1.29, 1.82) is 0 Å². The van der Waals surface area contributed by atoms with E-state index in [-0.39, 0.29) is 11.1 Å². The average molecular weight is 367 g/mol. The Morgan fingerprint density at radius 3 is 2.67 bits per heavy atom. The summed E-state index contributed by atoms with van der Waals surface area (Å²) in [6.45, 7) is 8.40. The molecule has 2 heterocycles. The third-order valence-corrected chi connectivity index (χ3v) is 3.88. The van der Waals surface area contributed by atoms with Gasteiger partial charge in [-0.25, -0.2) is 15.0 Å². The Morgan fingerprint density at radius 2 is 2.00 bits per heavy atom. The molecule has 0 aliphatic rings. The van der Waals surface area contributed by atoms with Gasteiger partial charge in [0.25, 0.3) is 5.69 Å². The Balaban J connectivity index is 1.80. The van der Waals surface area contributed by atoms with Crippen LogP contribution in [0.25, 0.3) is 11.4 Å². The van der Waals surface area contributed by atoms with Crippen molar-refractivity contribution in [3.05, 3.63) is 64.0 Å². The highest BCUT2D eigenvalue weighted by molar-refractivity contribution is 5.61. The molecule has 0 bridgehead atoms. The van der Waals surface area contributed by atoms with Crippen LogP contribution in [0, 0.1) is 17.0 Å². The van der Waals surface area contributed by atoms with E-state index >= 15 is 0 Å². The Labute approximate surface area is 156 Å². The first-order chi connectivity index (χ1) is 12.7. The molecule has 0 amide bonds. The summed E-state index contributed by atoms with van der Waals surface area (Å²) in [6, 6.07) is 8.06. The molecule has 1 N–H and O–H groups in total. The second kappa shape index (κ2) is 7.14. The van der Waals surface area contributed by atoms with E-state index in [0.717, 1.165) is 11.5 Å². The quantitative estimate of drug-likeness (QED) is 0.530. The van der Waals surface area contributed by atoms with Crippen LogP contribution in [-0.2, 0) is 12.0 Å². The number of nitrogens with one attached hydrogen (secondary N) is 1. The molecule has 0 radical (unpaired) electrons. The molecule has 3 rings (SSSR count). The van der Waals surface area contributed by atoms with Crippen LogP contribution >= 0.6 is 0 Å². The fraction of sp³-hybridized carbons (Fsp3) is 0.316. The van der Waals surface area contributed by atoms with Gasteiger partial charge in [0.15, 0.2) is 5.82 Å². The smallest absolute Gasteiger partial charge is 0.270 e. The summed E-state index contributed by atoms with van der Waals surface area (Å²) in [5, 5.41) is 14.2. The fourth-order valence-corrected chi connectivity index (χ4v) is 2.45. The van der Waals surface area contributed by atoms with E-state index in [1.165, 1.54) is 12.1 Å². The molecular weight excluding hydrogens is 346 g/mol. The number of nitro benzene ring substituents is 1. The van der Waals surface area contributed by atoms with Crippen molar-refractivity contribution in [3.8, 4) is 11.4 Å². The van der Waals surface area contributed by atoms with Crippen molar-refractivity contribution < 1.29 is 9.34 Å². The maximum atomic E-state index is 11.0. The highest BCUT2D eigenvalue weighted by atomic mass is 16.6. The van der Waals surface area contributed by atoms with Crippen molar-refractivity contribution in [3.63, 3.8) is 0 Å². The zero-order valence-electron chi connectivity index (χ0n) is 15.7. The third kappa shape index (κ3) is 4.46. The van der Waals surface area contributed by atoms with Gasteiger partial charge < -0.3 is 9.73 Å². The number of nitrogens with zero attached hydrogens (tertiary/aromatic N) is 4. The Bertz CT molecular complexity index is 975. The van der Waals surface area contributed by atoms with Gasteiger partial charge in [-0.3, -0.25) is 10.1 Å². The standard InChI is InChI=1S/C19H21N5O3/c1-12-8-16(20-11-17-21-10-15(27-17)19(2,3)4)23-18(22-12)13-6-5-7-14(9-13)24(25)26/h5-10H,11H2,1-4H3,(H,20,22,23). The van der Waals surface area contributed by atoms with Gasteiger partial charge in [-0.05, 0) is 6.92 Å². The second-order valence-corrected chi connectivity index (χ2v) is 7.25. The van der Waals surface area contributed by atoms with Crippen LogP contribution in [0.2, 0.25) is 0 Å². The van der Waals surface area contributed by atoms with Gasteiger partial charge in [-0.2, -0.15) is 0 Å². The molecule has 2 aromatic heterocycles. The van der Waals surface area contributed by atoms with Crippen molar-refractivity contribution in [2.75, 3.05) is 5.32 Å². The molecule has 0 aliphatic heterocycles. The lowest BCUT2D eigenvalue weighted by Gasteiger charge is -2.13. The maximum Gasteiger partial charge on any atom is 0.270 e. The molecule has 8 heteroatoms. The molecule has 3 aromatic rings. The van der Waals surface area contributed by atoms with E-state index < -0.39 is 4.92 Å². The number of hydrogen-bond acceptors (Lipinski definition) is 7. The minimum absolute atomic E-state index is 0.00149. The van der Waals surface area contributed by atoms with Crippen LogP contribution in [0.3, 0.4) is 0 Å². The first-order valence-corrected chi connectivity index (χ1v) is 8.52. The molecule has 8 nitrogen and oxygen atoms in total. The highest BCUT2D eigenvalue weighted by Crippen LogP contribution is 2.24. The van der Waals surface area contributed by atoms with Crippen molar-refractivity contribution in [2.45, 2.75) is 39.7 Å². The molecule has 0 fully saturated rings. The first kappa shape index (κ1) is 18.5. The molecule has 0 aliphatic carbocycles. The lowest BCUT2D eigenvalue weighted by molar-refractivity contribution is -0.384. The number of non-ortho nitro benzene ring substituents is 1. The Kier molecular flexibility index (Phi) is 4.89. The van der Waals surface area contributed by atoms with E-state index in [2.05, 4.69) is 41.0 Å². The van der Waals surface area contributed by atoms with Gasteiger partial charge in [-0.15, -0.1) is 0 Å². The van der Waals surface area contributed by atoms with Crippen LogP contribution in [0.15, 0.2) is 40.9 Å². The summed E-state index contributed by atoms with van der Waals surface area (Å²) in [6.07, 6.45) is 1.73. The number of benzene rings is 1. The highest BCUT2D eigenvalue weighted by Gasteiger charge is 2.19. The molecule has 0 spiro atoms. The number of hydrogen-bond donors (Lipinski definition) is 1. The topological polar surface area (TPSA) is 107 Å². The molecule has 27 heavy (non-hydrogen) atoms. The Morgan fingerprint density at radius 1 is 1.22 bits per heavy atom. The summed E-state index contributed by atoms with van der Waals surface area (Å²) in [5.41, 5.74) is 1.23. The maximum absolute atomic E-state index is 11.0. The summed E-state index contributed by atoms with van der Waals surface area (Å²) in [7, 11) is 0. The lowest BCUT2D eigenvalue weighted by Crippen LogP contribution is -2.09. The van der Waals surface area contributed by atoms with Crippen LogP contribution < -0.4 is 5.32 Å². The predicted molar refractivity (Wildman–Crippen MR) is 101 cm³/mol. The summed E-state index contributed by atoms with van der Waals surface area (Å²) >= 11 is 0. The van der Waals surface area contributed by atoms with Gasteiger partial charge in [0.05, 0.1) is 17.7 Å². The molecular formula is C19H21N5O3. The number of aromatic nitrogens is 3. The van der Waals surface area contributed by atoms with Gasteiger partial charge in [0.1, 0.15) is 11.6 Å². The molecule has 0 atom stereocenters. The Hall–Kier alpha value is -3.29. The second-order valence-electron chi connectivity index (χ2n) is 7.25. The van der Waals surface area contributed by atoms with Gasteiger partial charge in [-0.1, -0.05) is 32.9 Å². The van der Waals surface area contributed by atoms with Gasteiger partial charge in [0.2, 0.25) is 5.89 Å². The zero-order chi connectivity index (χ0) is 19.6. The SMILES string of the molecule is Cc1cc(NCc2ncc(C(C)(C)C)o2)nc(-c2cccc([N+](=O)[O-])c2)n1. The van der Waals surface area contributed by atoms with E-state index in [9.17, 15) is 10.1 Å². The molecule has 140 valence electrons. The van der Waals surface area contributed by atoms with E-state index in [1.54, 1.807) is 24.4 Å². The van der Waals surface area contributed by atoms with Crippen LogP contribution in [0.4, 0.5) is 11.5 Å². The normalized spacial score (nSPS) is 11.4. The number of aryl methyl sites for hydroxylation is 1. The molecule has 0 saturated heterocycles. The molecule has 1 aromatic carbocycles. The van der Waals surface area contributed by atoms with Crippen molar-refractivity contribution >= 4 is 11.5 Å². The molecule has 0 saturated carbocycles. The van der Waals surface area contributed by atoms with Crippen molar-refractivity contribution in [1.82, 2.24) is 15.0 Å². The van der Waals surface area contributed by atoms with Crippen LogP contribution in [0.5, 0.6) is 0 Å². The number of nitro groups is 1. The summed E-state index contributed by atoms with van der Waals surface area (Å²) in [4.78, 5) is 23.7. The zero-order valence-corrected chi connectivity index (χ0v) is 15.7. The summed E-state index contributed by atoms with van der Waals surface area (Å²) in [5.74, 6) is 2.40. The van der Waals surface area contributed by atoms with E-state index in [4.69, 9.17) is 4.42 Å². The predicted octanol–water partition coefficient (Wildman–Crippen LogP) is 4.26. The first-order valence-electron chi connectivity index (χ1n) is 8.52. The van der Waals surface area contributed by atoms with E-state index in [0.29, 0.717) is 29.6 Å². The fourth-order valence-electron chi connectivity index (χ4n) is 2.45. The largest absolute Gasteiger partial charge is 0.443 e. The minimum atomic E-state index is -0.437. The number of oxazole rings is 1. The van der Waals surface area contributed by atoms with E-state index in [1.807, 2.05) is 6.92 Å².